The summed E-state index contributed by atoms with van der Waals surface area (Å²) in [6, 6.07) is 9.11. The van der Waals surface area contributed by atoms with Gasteiger partial charge in [0.05, 0.1) is 11.0 Å². The third-order valence-corrected chi connectivity index (χ3v) is 2.55. The van der Waals surface area contributed by atoms with Gasteiger partial charge in [0.1, 0.15) is 11.4 Å². The summed E-state index contributed by atoms with van der Waals surface area (Å²) in [6.45, 7) is 0. The Labute approximate surface area is 113 Å². The molecule has 6 nitrogen and oxygen atoms in total. The van der Waals surface area contributed by atoms with E-state index in [1.165, 1.54) is 6.07 Å². The molecule has 2 aromatic carbocycles. The zero-order valence-electron chi connectivity index (χ0n) is 10.2. The van der Waals surface area contributed by atoms with E-state index in [2.05, 4.69) is 5.32 Å². The number of amides is 1. The molecule has 0 aliphatic rings. The lowest BCUT2D eigenvalue weighted by molar-refractivity contribution is -0.385. The Morgan fingerprint density at radius 1 is 1.25 bits per heavy atom. The van der Waals surface area contributed by atoms with Crippen molar-refractivity contribution in [2.45, 2.75) is 0 Å². The van der Waals surface area contributed by atoms with E-state index in [4.69, 9.17) is 5.73 Å². The van der Waals surface area contributed by atoms with Gasteiger partial charge in [-0.05, 0) is 30.3 Å². The summed E-state index contributed by atoms with van der Waals surface area (Å²) < 4.78 is 13.0. The summed E-state index contributed by atoms with van der Waals surface area (Å²) >= 11 is 0. The molecule has 2 aromatic rings. The van der Waals surface area contributed by atoms with Gasteiger partial charge in [0, 0.05) is 11.4 Å². The molecule has 0 saturated carbocycles. The molecule has 0 fully saturated rings. The van der Waals surface area contributed by atoms with Gasteiger partial charge in [0.25, 0.3) is 11.6 Å². The minimum absolute atomic E-state index is 0.223. The summed E-state index contributed by atoms with van der Waals surface area (Å²) in [5.41, 5.74) is 5.59. The molecule has 1 amide bonds. The number of nitrogens with one attached hydrogen (secondary N) is 1. The van der Waals surface area contributed by atoms with Crippen LogP contribution in [0, 0.1) is 15.9 Å². The highest BCUT2D eigenvalue weighted by molar-refractivity contribution is 6.07. The molecular weight excluding hydrogens is 265 g/mol. The Bertz CT molecular complexity index is 688. The Hall–Kier alpha value is -2.96. The highest BCUT2D eigenvalue weighted by Crippen LogP contribution is 2.21. The van der Waals surface area contributed by atoms with Crippen LogP contribution in [-0.4, -0.2) is 10.8 Å². The summed E-state index contributed by atoms with van der Waals surface area (Å²) in [5.74, 6) is -1.49. The van der Waals surface area contributed by atoms with Gasteiger partial charge in [0.2, 0.25) is 0 Å². The summed E-state index contributed by atoms with van der Waals surface area (Å²) in [4.78, 5) is 22.0. The van der Waals surface area contributed by atoms with Crippen molar-refractivity contribution in [2.24, 2.45) is 0 Å². The van der Waals surface area contributed by atoms with E-state index in [0.717, 1.165) is 12.1 Å². The SMILES string of the molecule is Nc1cccc(NC(=O)c2ccc(F)cc2[N+](=O)[O-])c1. The average Bonchev–Trinajstić information content (AvgIpc) is 2.38. The number of nitrogen functional groups attached to an aromatic ring is 1. The van der Waals surface area contributed by atoms with E-state index < -0.39 is 22.3 Å². The number of halogens is 1. The second-order valence-corrected chi connectivity index (χ2v) is 4.00. The number of carbonyl (C=O) groups excluding carboxylic acids is 1. The fourth-order valence-electron chi connectivity index (χ4n) is 1.66. The Balaban J connectivity index is 2.32. The molecule has 0 aliphatic carbocycles. The van der Waals surface area contributed by atoms with Crippen LogP contribution in [0.1, 0.15) is 10.4 Å². The molecule has 7 heteroatoms. The number of nitrogens with two attached hydrogens (primary N) is 1. The van der Waals surface area contributed by atoms with Crippen molar-refractivity contribution in [3.63, 3.8) is 0 Å². The van der Waals surface area contributed by atoms with Crippen LogP contribution in [0.2, 0.25) is 0 Å². The molecule has 0 atom stereocenters. The van der Waals surface area contributed by atoms with Crippen molar-refractivity contribution >= 4 is 23.0 Å². The monoisotopic (exact) mass is 275 g/mol. The molecule has 0 bridgehead atoms. The summed E-state index contributed by atoms with van der Waals surface area (Å²) in [5, 5.41) is 13.3. The molecule has 0 spiro atoms. The van der Waals surface area contributed by atoms with Gasteiger partial charge in [-0.1, -0.05) is 6.07 Å². The number of hydrogen-bond acceptors (Lipinski definition) is 4. The zero-order valence-corrected chi connectivity index (χ0v) is 10.2. The van der Waals surface area contributed by atoms with Crippen LogP contribution in [0.4, 0.5) is 21.5 Å². The minimum atomic E-state index is -0.808. The highest BCUT2D eigenvalue weighted by Gasteiger charge is 2.21. The maximum Gasteiger partial charge on any atom is 0.285 e. The third kappa shape index (κ3) is 2.89. The zero-order chi connectivity index (χ0) is 14.7. The van der Waals surface area contributed by atoms with Crippen LogP contribution in [0.15, 0.2) is 42.5 Å². The van der Waals surface area contributed by atoms with E-state index in [0.29, 0.717) is 17.4 Å². The predicted molar refractivity (Wildman–Crippen MR) is 71.9 cm³/mol. The van der Waals surface area contributed by atoms with Crippen LogP contribution in [0.5, 0.6) is 0 Å². The second kappa shape index (κ2) is 5.35. The van der Waals surface area contributed by atoms with E-state index in [1.54, 1.807) is 18.2 Å². The first kappa shape index (κ1) is 13.5. The number of nitro benzene ring substituents is 1. The molecule has 0 aliphatic heterocycles. The van der Waals surface area contributed by atoms with E-state index in [-0.39, 0.29) is 5.56 Å². The highest BCUT2D eigenvalue weighted by atomic mass is 19.1. The molecule has 0 aromatic heterocycles. The largest absolute Gasteiger partial charge is 0.399 e. The van der Waals surface area contributed by atoms with Crippen molar-refractivity contribution in [1.82, 2.24) is 0 Å². The molecule has 20 heavy (non-hydrogen) atoms. The van der Waals surface area contributed by atoms with Crippen molar-refractivity contribution < 1.29 is 14.1 Å². The molecule has 0 radical (unpaired) electrons. The molecule has 102 valence electrons. The van der Waals surface area contributed by atoms with Gasteiger partial charge in [-0.2, -0.15) is 0 Å². The van der Waals surface area contributed by atoms with Crippen LogP contribution in [0.25, 0.3) is 0 Å². The molecule has 0 unspecified atom stereocenters. The normalized spacial score (nSPS) is 10.1. The van der Waals surface area contributed by atoms with E-state index >= 15 is 0 Å². The maximum absolute atomic E-state index is 13.0. The fourth-order valence-corrected chi connectivity index (χ4v) is 1.66. The van der Waals surface area contributed by atoms with Crippen LogP contribution in [0.3, 0.4) is 0 Å². The first-order valence-electron chi connectivity index (χ1n) is 5.58. The van der Waals surface area contributed by atoms with Gasteiger partial charge in [-0.3, -0.25) is 14.9 Å². The third-order valence-electron chi connectivity index (χ3n) is 2.55. The van der Waals surface area contributed by atoms with Gasteiger partial charge in [-0.15, -0.1) is 0 Å². The molecule has 3 N–H and O–H groups in total. The lowest BCUT2D eigenvalue weighted by atomic mass is 10.1. The van der Waals surface area contributed by atoms with Crippen LogP contribution >= 0.6 is 0 Å². The second-order valence-electron chi connectivity index (χ2n) is 4.00. The Morgan fingerprint density at radius 3 is 2.65 bits per heavy atom. The smallest absolute Gasteiger partial charge is 0.285 e. The lowest BCUT2D eigenvalue weighted by Gasteiger charge is -2.06. The van der Waals surface area contributed by atoms with Crippen molar-refractivity contribution in [2.75, 3.05) is 11.1 Å². The number of nitrogens with zero attached hydrogens (tertiary/aromatic N) is 1. The summed E-state index contributed by atoms with van der Waals surface area (Å²) in [7, 11) is 0. The first-order valence-corrected chi connectivity index (χ1v) is 5.58. The molecule has 0 saturated heterocycles. The Morgan fingerprint density at radius 2 is 2.00 bits per heavy atom. The molecule has 2 rings (SSSR count). The first-order chi connectivity index (χ1) is 9.47. The van der Waals surface area contributed by atoms with Crippen LogP contribution in [-0.2, 0) is 0 Å². The minimum Gasteiger partial charge on any atom is -0.399 e. The summed E-state index contributed by atoms with van der Waals surface area (Å²) in [6.07, 6.45) is 0. The van der Waals surface area contributed by atoms with Crippen LogP contribution < -0.4 is 11.1 Å². The number of nitro groups is 1. The number of hydrogen-bond donors (Lipinski definition) is 2. The maximum atomic E-state index is 13.0. The van der Waals surface area contributed by atoms with Gasteiger partial charge in [0.15, 0.2) is 0 Å². The van der Waals surface area contributed by atoms with Crippen molar-refractivity contribution in [3.8, 4) is 0 Å². The lowest BCUT2D eigenvalue weighted by Crippen LogP contribution is -2.14. The number of rotatable bonds is 3. The Kier molecular flexibility index (Phi) is 3.60. The fraction of sp³-hybridized carbons (Fsp3) is 0. The van der Waals surface area contributed by atoms with Crippen molar-refractivity contribution in [1.29, 1.82) is 0 Å². The number of benzene rings is 2. The quantitative estimate of drug-likeness (QED) is 0.511. The number of carbonyl (C=O) groups is 1. The van der Waals surface area contributed by atoms with Gasteiger partial charge < -0.3 is 11.1 Å². The molecule has 0 heterocycles. The van der Waals surface area contributed by atoms with Crippen molar-refractivity contribution in [3.05, 3.63) is 64.0 Å². The standard InChI is InChI=1S/C13H10FN3O3/c14-8-4-5-11(12(6-8)17(19)20)13(18)16-10-3-1-2-9(15)7-10/h1-7H,15H2,(H,16,18). The van der Waals surface area contributed by atoms with E-state index in [9.17, 15) is 19.3 Å². The average molecular weight is 275 g/mol. The topological polar surface area (TPSA) is 98.3 Å². The molecular formula is C13H10FN3O3. The predicted octanol–water partition coefficient (Wildman–Crippen LogP) is 2.57. The van der Waals surface area contributed by atoms with Gasteiger partial charge >= 0.3 is 0 Å². The number of anilines is 2. The van der Waals surface area contributed by atoms with Gasteiger partial charge in [-0.25, -0.2) is 4.39 Å². The van der Waals surface area contributed by atoms with E-state index in [1.807, 2.05) is 0 Å².